The first-order valence-electron chi connectivity index (χ1n) is 12.5. The van der Waals surface area contributed by atoms with Crippen molar-refractivity contribution in [2.75, 3.05) is 14.2 Å². The van der Waals surface area contributed by atoms with Crippen LogP contribution in [0.3, 0.4) is 0 Å². The largest absolute Gasteiger partial charge is 0.478 e. The predicted molar refractivity (Wildman–Crippen MR) is 138 cm³/mol. The Balaban J connectivity index is 1.40. The molecule has 0 saturated heterocycles. The number of nitrogens with one attached hydrogen (secondary N) is 1. The molecule has 37 heavy (non-hydrogen) atoms. The number of imidazole rings is 1. The van der Waals surface area contributed by atoms with Crippen molar-refractivity contribution in [3.8, 4) is 34.3 Å². The summed E-state index contributed by atoms with van der Waals surface area (Å²) in [6, 6.07) is 16.7. The molecule has 0 radical (unpaired) electrons. The van der Waals surface area contributed by atoms with Gasteiger partial charge in [0.25, 0.3) is 11.8 Å². The quantitative estimate of drug-likeness (QED) is 0.342. The van der Waals surface area contributed by atoms with Gasteiger partial charge in [-0.1, -0.05) is 67.8 Å². The van der Waals surface area contributed by atoms with Gasteiger partial charge in [0.15, 0.2) is 11.3 Å². The first-order chi connectivity index (χ1) is 18.3. The van der Waals surface area contributed by atoms with Crippen molar-refractivity contribution in [2.24, 2.45) is 0 Å². The molecule has 1 fully saturated rings. The van der Waals surface area contributed by atoms with Crippen LogP contribution in [-0.2, 0) is 6.54 Å². The van der Waals surface area contributed by atoms with Crippen LogP contribution in [0.1, 0.15) is 49.4 Å². The van der Waals surface area contributed by atoms with Gasteiger partial charge in [-0.05, 0) is 40.0 Å². The fourth-order valence-corrected chi connectivity index (χ4v) is 5.32. The molecule has 0 bridgehead atoms. The van der Waals surface area contributed by atoms with Crippen LogP contribution in [0.25, 0.3) is 33.5 Å². The Labute approximate surface area is 214 Å². The minimum Gasteiger partial charge on any atom is -0.478 e. The van der Waals surface area contributed by atoms with Crippen LogP contribution >= 0.6 is 0 Å². The van der Waals surface area contributed by atoms with Crippen molar-refractivity contribution in [3.05, 3.63) is 59.9 Å². The van der Waals surface area contributed by atoms with Crippen LogP contribution in [0, 0.1) is 0 Å². The van der Waals surface area contributed by atoms with E-state index in [1.807, 2.05) is 18.2 Å². The summed E-state index contributed by atoms with van der Waals surface area (Å²) < 4.78 is 13.4. The van der Waals surface area contributed by atoms with Crippen LogP contribution in [-0.4, -0.2) is 54.6 Å². The van der Waals surface area contributed by atoms with Gasteiger partial charge >= 0.3 is 0 Å². The van der Waals surface area contributed by atoms with Gasteiger partial charge < -0.3 is 14.0 Å². The molecule has 0 aliphatic heterocycles. The molecule has 1 saturated carbocycles. The maximum absolute atomic E-state index is 5.62. The highest BCUT2D eigenvalue weighted by molar-refractivity contribution is 5.85. The fraction of sp³-hybridized carbons (Fsp3) is 0.333. The summed E-state index contributed by atoms with van der Waals surface area (Å²) in [5.41, 5.74) is 5.77. The van der Waals surface area contributed by atoms with E-state index < -0.39 is 0 Å². The number of methoxy groups -OCH3 is 2. The van der Waals surface area contributed by atoms with E-state index in [0.29, 0.717) is 35.6 Å². The van der Waals surface area contributed by atoms with Gasteiger partial charge in [0.1, 0.15) is 11.3 Å². The number of benzene rings is 2. The second-order valence-electron chi connectivity index (χ2n) is 9.30. The Hall–Kier alpha value is -4.34. The van der Waals surface area contributed by atoms with Crippen molar-refractivity contribution in [2.45, 2.75) is 44.6 Å². The van der Waals surface area contributed by atoms with Gasteiger partial charge in [-0.25, -0.2) is 10.1 Å². The molecule has 3 aromatic heterocycles. The van der Waals surface area contributed by atoms with E-state index in [2.05, 4.69) is 65.7 Å². The number of aromatic amines is 1. The minimum atomic E-state index is 0.386. The van der Waals surface area contributed by atoms with Crippen LogP contribution < -0.4 is 9.47 Å². The van der Waals surface area contributed by atoms with Crippen LogP contribution in [0.15, 0.2) is 48.5 Å². The highest BCUT2D eigenvalue weighted by atomic mass is 16.5. The Bertz CT molecular complexity index is 1510. The zero-order chi connectivity index (χ0) is 25.2. The average Bonchev–Trinajstić information content (AvgIpc) is 3.63. The SMILES string of the molecule is COc1nnc(OC)c2c1nc(C1CCCCC1)n2Cc1ccc(-c2ccccc2-c2nnn[nH]2)cc1. The number of hydrogen-bond acceptors (Lipinski definition) is 8. The van der Waals surface area contributed by atoms with Gasteiger partial charge in [-0.2, -0.15) is 0 Å². The molecule has 6 rings (SSSR count). The van der Waals surface area contributed by atoms with Crippen molar-refractivity contribution >= 4 is 11.0 Å². The molecule has 2 aromatic carbocycles. The van der Waals surface area contributed by atoms with Crippen LogP contribution in [0.5, 0.6) is 11.8 Å². The fourth-order valence-electron chi connectivity index (χ4n) is 5.32. The lowest BCUT2D eigenvalue weighted by molar-refractivity contribution is 0.374. The topological polar surface area (TPSA) is 117 Å². The molecular formula is C27H28N8O2. The van der Waals surface area contributed by atoms with E-state index in [-0.39, 0.29) is 0 Å². The summed E-state index contributed by atoms with van der Waals surface area (Å²) in [6.45, 7) is 0.640. The second-order valence-corrected chi connectivity index (χ2v) is 9.30. The summed E-state index contributed by atoms with van der Waals surface area (Å²) in [5, 5.41) is 22.9. The second kappa shape index (κ2) is 9.96. The maximum Gasteiger partial charge on any atom is 0.261 e. The number of H-pyrrole nitrogens is 1. The first kappa shape index (κ1) is 23.1. The molecule has 0 amide bonds. The molecule has 0 unspecified atom stereocenters. The third-order valence-corrected chi connectivity index (χ3v) is 7.12. The van der Waals surface area contributed by atoms with Gasteiger partial charge in [-0.15, -0.1) is 15.3 Å². The summed E-state index contributed by atoms with van der Waals surface area (Å²) >= 11 is 0. The third-order valence-electron chi connectivity index (χ3n) is 7.12. The molecule has 10 heteroatoms. The molecule has 1 aliphatic rings. The molecule has 1 aliphatic carbocycles. The van der Waals surface area contributed by atoms with Gasteiger partial charge in [0, 0.05) is 18.0 Å². The zero-order valence-electron chi connectivity index (χ0n) is 20.9. The molecular weight excluding hydrogens is 468 g/mol. The number of tetrazole rings is 1. The van der Waals surface area contributed by atoms with E-state index in [9.17, 15) is 0 Å². The van der Waals surface area contributed by atoms with Crippen LogP contribution in [0.4, 0.5) is 0 Å². The highest BCUT2D eigenvalue weighted by Gasteiger charge is 2.27. The van der Waals surface area contributed by atoms with E-state index >= 15 is 0 Å². The maximum atomic E-state index is 5.62. The lowest BCUT2D eigenvalue weighted by Crippen LogP contribution is -2.13. The number of ether oxygens (including phenoxy) is 2. The predicted octanol–water partition coefficient (Wildman–Crippen LogP) is 4.79. The first-order valence-corrected chi connectivity index (χ1v) is 12.5. The number of fused-ring (bicyclic) bond motifs is 1. The molecule has 0 atom stereocenters. The lowest BCUT2D eigenvalue weighted by atomic mass is 9.88. The third kappa shape index (κ3) is 4.28. The molecule has 5 aromatic rings. The lowest BCUT2D eigenvalue weighted by Gasteiger charge is -2.22. The van der Waals surface area contributed by atoms with Crippen molar-refractivity contribution in [1.82, 2.24) is 40.4 Å². The van der Waals surface area contributed by atoms with Crippen LogP contribution in [0.2, 0.25) is 0 Å². The highest BCUT2D eigenvalue weighted by Crippen LogP contribution is 2.38. The summed E-state index contributed by atoms with van der Waals surface area (Å²) in [5.74, 6) is 2.95. The van der Waals surface area contributed by atoms with Crippen molar-refractivity contribution in [3.63, 3.8) is 0 Å². The zero-order valence-corrected chi connectivity index (χ0v) is 20.9. The van der Waals surface area contributed by atoms with E-state index in [1.54, 1.807) is 14.2 Å². The monoisotopic (exact) mass is 496 g/mol. The standard InChI is InChI=1S/C27H28N8O2/c1-36-26-22-23(27(37-2)32-31-26)35(25(28-22)19-8-4-3-5-9-19)16-17-12-14-18(15-13-17)20-10-6-7-11-21(20)24-29-33-34-30-24/h6-7,10-15,19H,3-5,8-9,16H2,1-2H3,(H,29,30,33,34). The number of nitrogens with zero attached hydrogens (tertiary/aromatic N) is 7. The van der Waals surface area contributed by atoms with Gasteiger partial charge in [0.05, 0.1) is 14.2 Å². The van der Waals surface area contributed by atoms with E-state index in [1.165, 1.54) is 19.3 Å². The summed E-state index contributed by atoms with van der Waals surface area (Å²) in [6.07, 6.45) is 5.96. The Morgan fingerprint density at radius 1 is 0.865 bits per heavy atom. The summed E-state index contributed by atoms with van der Waals surface area (Å²) in [7, 11) is 3.21. The summed E-state index contributed by atoms with van der Waals surface area (Å²) in [4.78, 5) is 5.05. The number of hydrogen-bond donors (Lipinski definition) is 1. The van der Waals surface area contributed by atoms with Crippen molar-refractivity contribution in [1.29, 1.82) is 0 Å². The van der Waals surface area contributed by atoms with Gasteiger partial charge in [0.2, 0.25) is 0 Å². The average molecular weight is 497 g/mol. The minimum absolute atomic E-state index is 0.386. The molecule has 188 valence electrons. The number of rotatable bonds is 7. The molecule has 10 nitrogen and oxygen atoms in total. The molecule has 0 spiro atoms. The van der Waals surface area contributed by atoms with Gasteiger partial charge in [-0.3, -0.25) is 0 Å². The van der Waals surface area contributed by atoms with E-state index in [0.717, 1.165) is 46.4 Å². The molecule has 3 heterocycles. The smallest absolute Gasteiger partial charge is 0.261 e. The Morgan fingerprint density at radius 2 is 1.59 bits per heavy atom. The number of aromatic nitrogens is 8. The van der Waals surface area contributed by atoms with Crippen molar-refractivity contribution < 1.29 is 9.47 Å². The van der Waals surface area contributed by atoms with E-state index in [4.69, 9.17) is 14.5 Å². The Morgan fingerprint density at radius 3 is 2.30 bits per heavy atom. The molecule has 1 N–H and O–H groups in total. The Kier molecular flexibility index (Phi) is 6.21. The normalized spacial score (nSPS) is 14.2.